The Morgan fingerprint density at radius 1 is 1.00 bits per heavy atom. The van der Waals surface area contributed by atoms with Crippen LogP contribution in [0.3, 0.4) is 0 Å². The molecule has 0 aromatic heterocycles. The molecule has 0 saturated heterocycles. The van der Waals surface area contributed by atoms with E-state index >= 15 is 0 Å². The van der Waals surface area contributed by atoms with Gasteiger partial charge in [0.25, 0.3) is 0 Å². The Balaban J connectivity index is 0. The van der Waals surface area contributed by atoms with Crippen LogP contribution < -0.4 is 31.3 Å². The summed E-state index contributed by atoms with van der Waals surface area (Å²) in [5, 5.41) is 0. The molecule has 0 aliphatic carbocycles. The summed E-state index contributed by atoms with van der Waals surface area (Å²) in [5.41, 5.74) is 0. The molecule has 10 valence electrons. The molecule has 0 N–H and O–H groups in total. The Morgan fingerprint density at radius 3 is 1.00 bits per heavy atom. The fraction of sp³-hybridized carbons (Fsp3) is 0. The van der Waals surface area contributed by atoms with Crippen LogP contribution in [0, 0.1) is 0 Å². The summed E-state index contributed by atoms with van der Waals surface area (Å²) < 4.78 is 0. The fourth-order valence-electron chi connectivity index (χ4n) is 0. The van der Waals surface area contributed by atoms with Crippen molar-refractivity contribution in [3.8, 4) is 0 Å². The van der Waals surface area contributed by atoms with Crippen molar-refractivity contribution in [3.63, 3.8) is 0 Å². The van der Waals surface area contributed by atoms with Crippen LogP contribution in [0.25, 0.3) is 0 Å². The van der Waals surface area contributed by atoms with Gasteiger partial charge in [-0.25, -0.2) is 0 Å². The molecule has 0 aliphatic rings. The van der Waals surface area contributed by atoms with Gasteiger partial charge in [0.05, 0.1) is 0 Å². The van der Waals surface area contributed by atoms with Gasteiger partial charge in [-0.05, 0) is 0 Å². The minimum Gasteiger partial charge on any atom is -1.00 e. The maximum atomic E-state index is 0. The van der Waals surface area contributed by atoms with E-state index in [2.05, 4.69) is 0 Å². The summed E-state index contributed by atoms with van der Waals surface area (Å²) >= 11 is 0. The maximum Gasteiger partial charge on any atom is 3.00 e. The van der Waals surface area contributed by atoms with Crippen molar-refractivity contribution in [3.05, 3.63) is 0 Å². The third kappa shape index (κ3) is 9.04. The summed E-state index contributed by atoms with van der Waals surface area (Å²) in [6, 6.07) is 0. The Kier molecular flexibility index (Phi) is 194. The Hall–Kier alpha value is 1.95. The van der Waals surface area contributed by atoms with Crippen molar-refractivity contribution in [2.75, 3.05) is 0 Å². The van der Waals surface area contributed by atoms with Crippen LogP contribution in [0.2, 0.25) is 0 Å². The first-order chi connectivity index (χ1) is 0. The quantitative estimate of drug-likeness (QED) is 0.264. The van der Waals surface area contributed by atoms with E-state index in [1.807, 2.05) is 0 Å². The standard InChI is InChI=1S/2Al.ClH.Li.H/h;;1H;;/q2*+3;;+1;-1/p-1. The van der Waals surface area contributed by atoms with Gasteiger partial charge in [0.15, 0.2) is 0 Å². The summed E-state index contributed by atoms with van der Waals surface area (Å²) in [7, 11) is 0. The smallest absolute Gasteiger partial charge is 1.00 e. The normalized spacial score (nSPS) is 0. The van der Waals surface area contributed by atoms with Crippen LogP contribution >= 0.6 is 0 Å². The molecule has 4 heavy (non-hydrogen) atoms. The first kappa shape index (κ1) is 38.3. The van der Waals surface area contributed by atoms with Gasteiger partial charge in [-0.15, -0.1) is 0 Å². The minimum atomic E-state index is 0. The van der Waals surface area contributed by atoms with Crippen LogP contribution in [-0.4, -0.2) is 34.7 Å². The fourth-order valence-corrected chi connectivity index (χ4v) is 0. The summed E-state index contributed by atoms with van der Waals surface area (Å²) in [6.45, 7) is 0. The summed E-state index contributed by atoms with van der Waals surface area (Å²) in [5.74, 6) is 0. The Morgan fingerprint density at radius 2 is 1.00 bits per heavy atom. The van der Waals surface area contributed by atoms with Crippen LogP contribution in [0.4, 0.5) is 0 Å². The predicted molar refractivity (Wildman–Crippen MR) is 12.6 cm³/mol. The number of halogens is 1. The molecule has 0 aliphatic heterocycles. The van der Waals surface area contributed by atoms with Gasteiger partial charge >= 0.3 is 53.6 Å². The van der Waals surface area contributed by atoms with Crippen LogP contribution in [0.15, 0.2) is 0 Å². The van der Waals surface area contributed by atoms with Crippen molar-refractivity contribution in [2.24, 2.45) is 0 Å². The molecule has 0 heterocycles. The van der Waals surface area contributed by atoms with E-state index in [1.54, 1.807) is 0 Å². The number of hydrogen-bond donors (Lipinski definition) is 0. The van der Waals surface area contributed by atoms with Crippen molar-refractivity contribution in [1.29, 1.82) is 0 Å². The average molecular weight is 97.4 g/mol. The van der Waals surface area contributed by atoms with E-state index < -0.39 is 0 Å². The molecule has 0 bridgehead atoms. The Labute approximate surface area is 67.1 Å². The third-order valence-corrected chi connectivity index (χ3v) is 0. The first-order valence-electron chi connectivity index (χ1n) is 0. The molecule has 0 fully saturated rings. The summed E-state index contributed by atoms with van der Waals surface area (Å²) in [4.78, 5) is 0. The van der Waals surface area contributed by atoms with E-state index in [4.69, 9.17) is 0 Å². The van der Waals surface area contributed by atoms with Gasteiger partial charge in [0.1, 0.15) is 0 Å². The molecular weight excluding hydrogens is 96.4 g/mol. The number of hydrogen-bond acceptors (Lipinski definition) is 0. The maximum absolute atomic E-state index is 0. The van der Waals surface area contributed by atoms with E-state index in [0.29, 0.717) is 0 Å². The average Bonchev–Trinajstić information content (AvgIpc) is 0. The third-order valence-electron chi connectivity index (χ3n) is 0. The molecular formula is HAl2ClLi+5. The molecule has 0 aromatic rings. The second kappa shape index (κ2) is 20.3. The molecule has 0 atom stereocenters. The van der Waals surface area contributed by atoms with Crippen LogP contribution in [0.1, 0.15) is 1.43 Å². The largest absolute Gasteiger partial charge is 3.00 e. The Bertz CT molecular complexity index is 9.61. The van der Waals surface area contributed by atoms with Gasteiger partial charge in [-0.2, -0.15) is 0 Å². The van der Waals surface area contributed by atoms with Gasteiger partial charge in [-0.1, -0.05) is 0 Å². The van der Waals surface area contributed by atoms with Gasteiger partial charge in [0, 0.05) is 0 Å². The zero-order valence-electron chi connectivity index (χ0n) is 3.53. The minimum absolute atomic E-state index is 0. The van der Waals surface area contributed by atoms with E-state index in [-0.39, 0.29) is 67.4 Å². The zero-order chi connectivity index (χ0) is 0. The molecule has 0 radical (unpaired) electrons. The van der Waals surface area contributed by atoms with Crippen molar-refractivity contribution >= 4 is 34.7 Å². The van der Waals surface area contributed by atoms with E-state index in [9.17, 15) is 0 Å². The molecule has 4 heteroatoms. The van der Waals surface area contributed by atoms with E-state index in [0.717, 1.165) is 0 Å². The van der Waals surface area contributed by atoms with Crippen molar-refractivity contribution < 1.29 is 32.7 Å². The van der Waals surface area contributed by atoms with Crippen molar-refractivity contribution in [2.45, 2.75) is 0 Å². The predicted octanol–water partition coefficient (Wildman–Crippen LogP) is -6.64. The van der Waals surface area contributed by atoms with Crippen molar-refractivity contribution in [1.82, 2.24) is 0 Å². The molecule has 0 spiro atoms. The first-order valence-corrected chi connectivity index (χ1v) is 0. The summed E-state index contributed by atoms with van der Waals surface area (Å²) in [6.07, 6.45) is 0. The molecule has 0 unspecified atom stereocenters. The van der Waals surface area contributed by atoms with Crippen LogP contribution in [0.5, 0.6) is 0 Å². The monoisotopic (exact) mass is 97.0 g/mol. The van der Waals surface area contributed by atoms with Gasteiger partial charge in [0.2, 0.25) is 0 Å². The molecule has 0 saturated carbocycles. The molecule has 0 amide bonds. The number of rotatable bonds is 0. The molecule has 0 nitrogen and oxygen atoms in total. The second-order valence-corrected chi connectivity index (χ2v) is 0. The topological polar surface area (TPSA) is 0 Å². The molecule has 0 aromatic carbocycles. The van der Waals surface area contributed by atoms with Crippen LogP contribution in [-0.2, 0) is 0 Å². The van der Waals surface area contributed by atoms with Gasteiger partial charge < -0.3 is 13.8 Å². The van der Waals surface area contributed by atoms with Gasteiger partial charge in [-0.3, -0.25) is 0 Å². The zero-order valence-corrected chi connectivity index (χ0v) is 5.60. The molecule has 0 rings (SSSR count). The second-order valence-electron chi connectivity index (χ2n) is 0. The van der Waals surface area contributed by atoms with E-state index in [1.165, 1.54) is 0 Å². The SMILES string of the molecule is [Al+3].[Al+3].[Cl-].[H-].[Li+].